The highest BCUT2D eigenvalue weighted by Crippen LogP contribution is 2.51. The van der Waals surface area contributed by atoms with Crippen molar-refractivity contribution < 1.29 is 4.74 Å². The Morgan fingerprint density at radius 3 is 2.40 bits per heavy atom. The van der Waals surface area contributed by atoms with E-state index in [1.165, 1.54) is 9.63 Å². The van der Waals surface area contributed by atoms with Crippen LogP contribution >= 0.6 is 11.8 Å². The van der Waals surface area contributed by atoms with Gasteiger partial charge in [-0.3, -0.25) is 0 Å². The van der Waals surface area contributed by atoms with Crippen molar-refractivity contribution in [3.05, 3.63) is 65.4 Å². The van der Waals surface area contributed by atoms with Gasteiger partial charge in [0.15, 0.2) is 0 Å². The van der Waals surface area contributed by atoms with Crippen molar-refractivity contribution >= 4 is 28.7 Å². The van der Waals surface area contributed by atoms with E-state index in [2.05, 4.69) is 58.0 Å². The molecule has 3 heteroatoms. The van der Waals surface area contributed by atoms with E-state index in [-0.39, 0.29) is 10.8 Å². The number of nitrogens with zero attached hydrogens (tertiary/aromatic N) is 1. The van der Waals surface area contributed by atoms with Crippen LogP contribution in [0, 0.1) is 16.0 Å². The molecule has 0 saturated carbocycles. The van der Waals surface area contributed by atoms with E-state index in [0.29, 0.717) is 0 Å². The fraction of sp³-hybridized carbons (Fsp3) is 0.318. The summed E-state index contributed by atoms with van der Waals surface area (Å²) in [5.41, 5.74) is 3.88. The van der Waals surface area contributed by atoms with Gasteiger partial charge in [-0.2, -0.15) is 4.74 Å². The third kappa shape index (κ3) is 2.81. The highest BCUT2D eigenvalue weighted by molar-refractivity contribution is 7.99. The molecule has 0 bridgehead atoms. The molecule has 0 unspecified atom stereocenters. The average molecular weight is 349 g/mol. The second-order valence-electron chi connectivity index (χ2n) is 8.34. The molecule has 0 fully saturated rings. The number of hydrogen-bond donors (Lipinski definition) is 0. The van der Waals surface area contributed by atoms with Gasteiger partial charge in [-0.1, -0.05) is 49.9 Å². The molecule has 2 aromatic carbocycles. The van der Waals surface area contributed by atoms with E-state index in [0.717, 1.165) is 33.9 Å². The molecular weight excluding hydrogens is 326 g/mol. The van der Waals surface area contributed by atoms with Crippen molar-refractivity contribution in [2.75, 3.05) is 0 Å². The first-order valence-corrected chi connectivity index (χ1v) is 9.54. The molecule has 0 radical (unpaired) electrons. The zero-order valence-electron chi connectivity index (χ0n) is 15.2. The van der Waals surface area contributed by atoms with Crippen molar-refractivity contribution in [2.45, 2.75) is 43.9 Å². The van der Waals surface area contributed by atoms with Crippen molar-refractivity contribution in [1.82, 2.24) is 0 Å². The fourth-order valence-electron chi connectivity index (χ4n) is 4.40. The SMILES string of the molecule is CC1(C)C=C2C(=[N+]([O-])c3cc(Sc4ccccc4)ccc32)C(C)(C)C1. The molecular formula is C22H23NOS. The minimum atomic E-state index is -0.124. The molecule has 1 aliphatic carbocycles. The largest absolute Gasteiger partial charge is 0.618 e. The van der Waals surface area contributed by atoms with Crippen molar-refractivity contribution in [3.8, 4) is 0 Å². The van der Waals surface area contributed by atoms with Gasteiger partial charge >= 0.3 is 0 Å². The zero-order valence-corrected chi connectivity index (χ0v) is 16.0. The summed E-state index contributed by atoms with van der Waals surface area (Å²) in [6.07, 6.45) is 3.27. The molecule has 0 atom stereocenters. The molecule has 128 valence electrons. The topological polar surface area (TPSA) is 26.1 Å². The number of rotatable bonds is 2. The lowest BCUT2D eigenvalue weighted by Gasteiger charge is -2.36. The Bertz CT molecular complexity index is 907. The van der Waals surface area contributed by atoms with Gasteiger partial charge in [0.2, 0.25) is 11.4 Å². The first kappa shape index (κ1) is 16.5. The highest BCUT2D eigenvalue weighted by Gasteiger charge is 2.48. The quantitative estimate of drug-likeness (QED) is 0.471. The Balaban J connectivity index is 1.80. The van der Waals surface area contributed by atoms with E-state index in [9.17, 15) is 5.21 Å². The predicted octanol–water partition coefficient (Wildman–Crippen LogP) is 6.27. The summed E-state index contributed by atoms with van der Waals surface area (Å²) < 4.78 is 1.17. The van der Waals surface area contributed by atoms with Gasteiger partial charge in [-0.25, -0.2) is 0 Å². The van der Waals surface area contributed by atoms with Crippen LogP contribution in [0.5, 0.6) is 0 Å². The lowest BCUT2D eigenvalue weighted by molar-refractivity contribution is -0.361. The minimum Gasteiger partial charge on any atom is -0.618 e. The first-order valence-electron chi connectivity index (χ1n) is 8.72. The first-order chi connectivity index (χ1) is 11.8. The highest BCUT2D eigenvalue weighted by atomic mass is 32.2. The molecule has 2 aromatic rings. The van der Waals surface area contributed by atoms with Crippen molar-refractivity contribution in [1.29, 1.82) is 0 Å². The van der Waals surface area contributed by atoms with Crippen LogP contribution in [0.1, 0.15) is 39.7 Å². The molecule has 0 N–H and O–H groups in total. The normalized spacial score (nSPS) is 20.1. The summed E-state index contributed by atoms with van der Waals surface area (Å²) in [5, 5.41) is 13.1. The maximum Gasteiger partial charge on any atom is 0.225 e. The fourth-order valence-corrected chi connectivity index (χ4v) is 5.27. The second kappa shape index (κ2) is 5.50. The Morgan fingerprint density at radius 1 is 0.960 bits per heavy atom. The van der Waals surface area contributed by atoms with Crippen LogP contribution < -0.4 is 0 Å². The van der Waals surface area contributed by atoms with Gasteiger partial charge in [0, 0.05) is 15.9 Å². The Hall–Kier alpha value is -2.00. The van der Waals surface area contributed by atoms with Gasteiger partial charge in [0.05, 0.1) is 16.6 Å². The lowest BCUT2D eigenvalue weighted by atomic mass is 9.65. The monoisotopic (exact) mass is 349 g/mol. The summed E-state index contributed by atoms with van der Waals surface area (Å²) in [4.78, 5) is 2.28. The van der Waals surface area contributed by atoms with Crippen LogP contribution in [0.25, 0.3) is 5.57 Å². The van der Waals surface area contributed by atoms with Gasteiger partial charge in [0.25, 0.3) is 0 Å². The molecule has 25 heavy (non-hydrogen) atoms. The summed E-state index contributed by atoms with van der Waals surface area (Å²) in [6, 6.07) is 16.6. The van der Waals surface area contributed by atoms with Crippen LogP contribution in [-0.4, -0.2) is 10.5 Å². The van der Waals surface area contributed by atoms with E-state index >= 15 is 0 Å². The van der Waals surface area contributed by atoms with E-state index in [4.69, 9.17) is 0 Å². The number of benzene rings is 2. The van der Waals surface area contributed by atoms with Gasteiger partial charge in [-0.15, -0.1) is 0 Å². The van der Waals surface area contributed by atoms with Crippen LogP contribution in [-0.2, 0) is 0 Å². The lowest BCUT2D eigenvalue weighted by Crippen LogP contribution is -2.36. The Labute approximate surface area is 153 Å². The van der Waals surface area contributed by atoms with Crippen LogP contribution in [0.4, 0.5) is 5.69 Å². The number of hydrogen-bond acceptors (Lipinski definition) is 2. The third-order valence-corrected chi connectivity index (χ3v) is 5.99. The summed E-state index contributed by atoms with van der Waals surface area (Å²) in [5.74, 6) is 0. The van der Waals surface area contributed by atoms with E-state index < -0.39 is 0 Å². The molecule has 0 spiro atoms. The number of allylic oxidation sites excluding steroid dienone is 2. The van der Waals surface area contributed by atoms with E-state index in [1.807, 2.05) is 24.3 Å². The molecule has 2 nitrogen and oxygen atoms in total. The number of fused-ring (bicyclic) bond motifs is 3. The maximum absolute atomic E-state index is 13.1. The van der Waals surface area contributed by atoms with Gasteiger partial charge in [0.1, 0.15) is 0 Å². The van der Waals surface area contributed by atoms with Crippen LogP contribution in [0.2, 0.25) is 0 Å². The smallest absolute Gasteiger partial charge is 0.225 e. The molecule has 1 heterocycles. The molecule has 0 amide bonds. The molecule has 2 aliphatic rings. The summed E-state index contributed by atoms with van der Waals surface area (Å²) in [6.45, 7) is 8.89. The molecule has 0 aromatic heterocycles. The molecule has 1 aliphatic heterocycles. The average Bonchev–Trinajstić information content (AvgIpc) is 2.79. The zero-order chi connectivity index (χ0) is 17.8. The molecule has 4 rings (SSSR count). The predicted molar refractivity (Wildman–Crippen MR) is 105 cm³/mol. The van der Waals surface area contributed by atoms with Crippen LogP contribution in [0.15, 0.2) is 64.4 Å². The summed E-state index contributed by atoms with van der Waals surface area (Å²) in [7, 11) is 0. The maximum atomic E-state index is 13.1. The van der Waals surface area contributed by atoms with E-state index in [1.54, 1.807) is 11.8 Å². The Morgan fingerprint density at radius 2 is 1.68 bits per heavy atom. The second-order valence-corrected chi connectivity index (χ2v) is 9.49. The van der Waals surface area contributed by atoms with Gasteiger partial charge in [-0.05, 0) is 49.9 Å². The van der Waals surface area contributed by atoms with Crippen molar-refractivity contribution in [2.24, 2.45) is 10.8 Å². The van der Waals surface area contributed by atoms with Gasteiger partial charge < -0.3 is 5.21 Å². The van der Waals surface area contributed by atoms with Crippen LogP contribution in [0.3, 0.4) is 0 Å². The molecule has 0 saturated heterocycles. The standard InChI is InChI=1S/C22H23NOS/c1-21(2)13-18-17-11-10-16(25-15-8-6-5-7-9-15)12-19(17)23(24)20(18)22(3,4)14-21/h5-13H,14H2,1-4H3. The summed E-state index contributed by atoms with van der Waals surface area (Å²) >= 11 is 1.69. The van der Waals surface area contributed by atoms with Crippen molar-refractivity contribution in [3.63, 3.8) is 0 Å². The Kier molecular flexibility index (Phi) is 3.62. The minimum absolute atomic E-state index is 0.0994. The third-order valence-electron chi connectivity index (χ3n) is 4.99.